The third-order valence-corrected chi connectivity index (χ3v) is 3.81. The van der Waals surface area contributed by atoms with Gasteiger partial charge in [-0.25, -0.2) is 0 Å². The fourth-order valence-corrected chi connectivity index (χ4v) is 2.83. The number of nitrogens with zero attached hydrogens (tertiary/aromatic N) is 1. The van der Waals surface area contributed by atoms with Gasteiger partial charge in [-0.3, -0.25) is 4.79 Å². The number of fused-ring (bicyclic) bond motifs is 1. The number of para-hydroxylation sites is 1. The van der Waals surface area contributed by atoms with Gasteiger partial charge in [0, 0.05) is 11.7 Å². The van der Waals surface area contributed by atoms with E-state index in [0.29, 0.717) is 5.56 Å². The molecule has 1 amide bonds. The van der Waals surface area contributed by atoms with Gasteiger partial charge in [-0.05, 0) is 49.6 Å². The van der Waals surface area contributed by atoms with Crippen molar-refractivity contribution in [2.45, 2.75) is 26.3 Å². The monoisotopic (exact) mass is 267 g/mol. The second-order valence-corrected chi connectivity index (χ2v) is 5.38. The van der Waals surface area contributed by atoms with Crippen molar-refractivity contribution in [2.75, 3.05) is 4.90 Å². The van der Waals surface area contributed by atoms with Gasteiger partial charge in [0.25, 0.3) is 5.91 Å². The lowest BCUT2D eigenvalue weighted by atomic mass is 10.1. The molecule has 0 saturated heterocycles. The smallest absolute Gasteiger partial charge is 0.262 e. The summed E-state index contributed by atoms with van der Waals surface area (Å²) in [4.78, 5) is 14.5. The summed E-state index contributed by atoms with van der Waals surface area (Å²) < 4.78 is 0. The van der Waals surface area contributed by atoms with Crippen molar-refractivity contribution in [2.24, 2.45) is 0 Å². The minimum Gasteiger partial charge on any atom is -0.507 e. The fourth-order valence-electron chi connectivity index (χ4n) is 2.83. The number of phenols is 1. The number of hydrogen-bond acceptors (Lipinski definition) is 2. The van der Waals surface area contributed by atoms with E-state index in [2.05, 4.69) is 0 Å². The van der Waals surface area contributed by atoms with Crippen LogP contribution >= 0.6 is 0 Å². The number of carbonyl (C=O) groups is 1. The zero-order valence-corrected chi connectivity index (χ0v) is 11.6. The predicted octanol–water partition coefficient (Wildman–Crippen LogP) is 3.29. The summed E-state index contributed by atoms with van der Waals surface area (Å²) in [6.45, 7) is 3.92. The number of aromatic hydroxyl groups is 1. The highest BCUT2D eigenvalue weighted by Crippen LogP contribution is 2.34. The summed E-state index contributed by atoms with van der Waals surface area (Å²) in [6, 6.07) is 13.2. The van der Waals surface area contributed by atoms with Gasteiger partial charge in [0.05, 0.1) is 5.56 Å². The van der Waals surface area contributed by atoms with E-state index < -0.39 is 0 Å². The molecule has 2 aromatic carbocycles. The lowest BCUT2D eigenvalue weighted by Crippen LogP contribution is -2.35. The molecule has 0 radical (unpaired) electrons. The first-order valence-corrected chi connectivity index (χ1v) is 6.79. The molecule has 0 bridgehead atoms. The zero-order valence-electron chi connectivity index (χ0n) is 11.6. The van der Waals surface area contributed by atoms with Crippen LogP contribution in [0.5, 0.6) is 5.75 Å². The van der Waals surface area contributed by atoms with Gasteiger partial charge in [0.1, 0.15) is 5.75 Å². The highest BCUT2D eigenvalue weighted by Gasteiger charge is 2.32. The molecule has 0 saturated carbocycles. The van der Waals surface area contributed by atoms with Crippen LogP contribution in [-0.4, -0.2) is 17.1 Å². The van der Waals surface area contributed by atoms with Crippen molar-refractivity contribution in [3.8, 4) is 5.75 Å². The van der Waals surface area contributed by atoms with Gasteiger partial charge in [0.2, 0.25) is 0 Å². The minimum absolute atomic E-state index is 0.0478. The Balaban J connectivity index is 2.03. The number of hydrogen-bond donors (Lipinski definition) is 1. The first kappa shape index (κ1) is 12.7. The molecule has 1 heterocycles. The molecule has 3 nitrogen and oxygen atoms in total. The van der Waals surface area contributed by atoms with Crippen molar-refractivity contribution in [1.29, 1.82) is 0 Å². The van der Waals surface area contributed by atoms with Crippen molar-refractivity contribution in [3.63, 3.8) is 0 Å². The lowest BCUT2D eigenvalue weighted by molar-refractivity contribution is 0.0979. The van der Waals surface area contributed by atoms with Gasteiger partial charge in [-0.1, -0.05) is 24.3 Å². The predicted molar refractivity (Wildman–Crippen MR) is 79.3 cm³/mol. The lowest BCUT2D eigenvalue weighted by Gasteiger charge is -2.23. The van der Waals surface area contributed by atoms with Crippen molar-refractivity contribution in [3.05, 3.63) is 59.2 Å². The maximum atomic E-state index is 12.7. The van der Waals surface area contributed by atoms with Crippen LogP contribution < -0.4 is 4.90 Å². The average molecular weight is 267 g/mol. The van der Waals surface area contributed by atoms with E-state index >= 15 is 0 Å². The highest BCUT2D eigenvalue weighted by atomic mass is 16.3. The van der Waals surface area contributed by atoms with E-state index in [-0.39, 0.29) is 17.7 Å². The van der Waals surface area contributed by atoms with Gasteiger partial charge in [-0.15, -0.1) is 0 Å². The molecule has 0 aliphatic carbocycles. The number of benzene rings is 2. The molecular formula is C17H17NO2. The quantitative estimate of drug-likeness (QED) is 0.861. The van der Waals surface area contributed by atoms with Crippen LogP contribution in [0.3, 0.4) is 0 Å². The van der Waals surface area contributed by atoms with Crippen LogP contribution in [-0.2, 0) is 6.42 Å². The van der Waals surface area contributed by atoms with Crippen molar-refractivity contribution < 1.29 is 9.90 Å². The Labute approximate surface area is 118 Å². The number of aryl methyl sites for hydroxylation is 1. The SMILES string of the molecule is Cc1ccc(C(=O)N2c3ccccc3CC2C)c(O)c1. The Bertz CT molecular complexity index is 678. The number of anilines is 1. The number of rotatable bonds is 1. The standard InChI is InChI=1S/C17H17NO2/c1-11-7-8-14(16(19)9-11)17(20)18-12(2)10-13-5-3-4-6-15(13)18/h3-9,12,19H,10H2,1-2H3. The van der Waals surface area contributed by atoms with Gasteiger partial charge < -0.3 is 10.0 Å². The fraction of sp³-hybridized carbons (Fsp3) is 0.235. The van der Waals surface area contributed by atoms with E-state index in [1.807, 2.05) is 44.2 Å². The molecule has 3 heteroatoms. The molecule has 1 N–H and O–H groups in total. The van der Waals surface area contributed by atoms with E-state index in [9.17, 15) is 9.90 Å². The van der Waals surface area contributed by atoms with Gasteiger partial charge >= 0.3 is 0 Å². The van der Waals surface area contributed by atoms with E-state index in [1.165, 1.54) is 5.56 Å². The molecule has 1 aliphatic rings. The van der Waals surface area contributed by atoms with Crippen LogP contribution in [0.2, 0.25) is 0 Å². The molecule has 0 fully saturated rings. The molecule has 102 valence electrons. The van der Waals surface area contributed by atoms with Crippen LogP contribution in [0.1, 0.15) is 28.4 Å². The Morgan fingerprint density at radius 2 is 2.00 bits per heavy atom. The second kappa shape index (κ2) is 4.67. The Hall–Kier alpha value is -2.29. The summed E-state index contributed by atoms with van der Waals surface area (Å²) in [7, 11) is 0. The molecule has 1 unspecified atom stereocenters. The summed E-state index contributed by atoms with van der Waals surface area (Å²) in [6.07, 6.45) is 0.856. The van der Waals surface area contributed by atoms with Crippen LogP contribution in [0.15, 0.2) is 42.5 Å². The van der Waals surface area contributed by atoms with E-state index in [0.717, 1.165) is 17.7 Å². The highest BCUT2D eigenvalue weighted by molar-refractivity contribution is 6.09. The molecule has 0 aromatic heterocycles. The molecule has 2 aromatic rings. The number of amides is 1. The molecule has 1 aliphatic heterocycles. The van der Waals surface area contributed by atoms with Crippen LogP contribution in [0.25, 0.3) is 0 Å². The maximum absolute atomic E-state index is 12.7. The Kier molecular flexibility index (Phi) is 2.97. The molecule has 1 atom stereocenters. The van der Waals surface area contributed by atoms with E-state index in [4.69, 9.17) is 0 Å². The largest absolute Gasteiger partial charge is 0.507 e. The van der Waals surface area contributed by atoms with Crippen molar-refractivity contribution >= 4 is 11.6 Å². The maximum Gasteiger partial charge on any atom is 0.262 e. The number of carbonyl (C=O) groups excluding carboxylic acids is 1. The average Bonchev–Trinajstić information content (AvgIpc) is 2.73. The third-order valence-electron chi connectivity index (χ3n) is 3.81. The molecule has 3 rings (SSSR count). The Morgan fingerprint density at radius 3 is 2.75 bits per heavy atom. The zero-order chi connectivity index (χ0) is 14.3. The Morgan fingerprint density at radius 1 is 1.25 bits per heavy atom. The summed E-state index contributed by atoms with van der Waals surface area (Å²) >= 11 is 0. The summed E-state index contributed by atoms with van der Waals surface area (Å²) in [5.41, 5.74) is 3.43. The molecular weight excluding hydrogens is 250 g/mol. The van der Waals surface area contributed by atoms with Crippen LogP contribution in [0, 0.1) is 6.92 Å². The first-order valence-electron chi connectivity index (χ1n) is 6.79. The first-order chi connectivity index (χ1) is 9.58. The topological polar surface area (TPSA) is 40.5 Å². The van der Waals surface area contributed by atoms with Gasteiger partial charge in [-0.2, -0.15) is 0 Å². The third kappa shape index (κ3) is 1.95. The van der Waals surface area contributed by atoms with Crippen LogP contribution in [0.4, 0.5) is 5.69 Å². The molecule has 0 spiro atoms. The number of phenolic OH excluding ortho intramolecular Hbond substituents is 1. The summed E-state index contributed by atoms with van der Waals surface area (Å²) in [5.74, 6) is -0.0912. The van der Waals surface area contributed by atoms with Crippen molar-refractivity contribution in [1.82, 2.24) is 0 Å². The molecule has 20 heavy (non-hydrogen) atoms. The summed E-state index contributed by atoms with van der Waals surface area (Å²) in [5, 5.41) is 10.0. The van der Waals surface area contributed by atoms with Gasteiger partial charge in [0.15, 0.2) is 0 Å². The minimum atomic E-state index is -0.139. The van der Waals surface area contributed by atoms with E-state index in [1.54, 1.807) is 17.0 Å². The normalized spacial score (nSPS) is 17.1. The second-order valence-electron chi connectivity index (χ2n) is 5.38.